The van der Waals surface area contributed by atoms with Crippen LogP contribution < -0.4 is 5.32 Å². The van der Waals surface area contributed by atoms with Crippen LogP contribution in [0.25, 0.3) is 11.4 Å². The number of benzene rings is 1. The zero-order valence-corrected chi connectivity index (χ0v) is 12.7. The van der Waals surface area contributed by atoms with Gasteiger partial charge in [-0.15, -0.1) is 0 Å². The van der Waals surface area contributed by atoms with E-state index in [9.17, 15) is 0 Å². The molecule has 1 aliphatic rings. The fourth-order valence-electron chi connectivity index (χ4n) is 3.17. The summed E-state index contributed by atoms with van der Waals surface area (Å²) in [4.78, 5) is 4.79. The molecule has 0 bridgehead atoms. The summed E-state index contributed by atoms with van der Waals surface area (Å²) in [5.74, 6) is 2.50. The summed E-state index contributed by atoms with van der Waals surface area (Å²) >= 11 is 0. The summed E-state index contributed by atoms with van der Waals surface area (Å²) in [5.41, 5.74) is 2.46. The predicted octanol–water partition coefficient (Wildman–Crippen LogP) is 3.28. The fourth-order valence-corrected chi connectivity index (χ4v) is 3.17. The smallest absolute Gasteiger partial charge is 0.181 e. The number of rotatable bonds is 5. The molecule has 0 atom stereocenters. The standard InChI is InChI=1S/C17H24N4/c1-18-12-11-13-7-5-6-10-15(13)17-19-16(20-21-17)14-8-3-2-4-9-14/h5-7,10,14,18H,2-4,8-9,11-12H2,1H3,(H,19,20,21). The number of nitrogens with zero attached hydrogens (tertiary/aromatic N) is 2. The Morgan fingerprint density at radius 1 is 1.19 bits per heavy atom. The number of hydrogen-bond acceptors (Lipinski definition) is 3. The molecule has 1 fully saturated rings. The molecule has 3 rings (SSSR count). The van der Waals surface area contributed by atoms with E-state index in [1.165, 1.54) is 37.7 Å². The average molecular weight is 284 g/mol. The van der Waals surface area contributed by atoms with Crippen molar-refractivity contribution in [3.8, 4) is 11.4 Å². The third-order valence-corrected chi connectivity index (χ3v) is 4.40. The largest absolute Gasteiger partial charge is 0.319 e. The Balaban J connectivity index is 1.82. The van der Waals surface area contributed by atoms with Crippen LogP contribution in [-0.4, -0.2) is 28.8 Å². The Labute approximate surface area is 126 Å². The molecular weight excluding hydrogens is 260 g/mol. The van der Waals surface area contributed by atoms with Gasteiger partial charge in [0.1, 0.15) is 5.82 Å². The van der Waals surface area contributed by atoms with Crippen molar-refractivity contribution in [1.82, 2.24) is 20.5 Å². The monoisotopic (exact) mass is 284 g/mol. The number of hydrogen-bond donors (Lipinski definition) is 2. The summed E-state index contributed by atoms with van der Waals surface area (Å²) in [6.07, 6.45) is 7.50. The molecule has 0 saturated heterocycles. The summed E-state index contributed by atoms with van der Waals surface area (Å²) in [5, 5.41) is 10.9. The molecule has 4 nitrogen and oxygen atoms in total. The van der Waals surface area contributed by atoms with Crippen LogP contribution in [0.4, 0.5) is 0 Å². The second kappa shape index (κ2) is 6.85. The van der Waals surface area contributed by atoms with Crippen molar-refractivity contribution in [2.45, 2.75) is 44.4 Å². The van der Waals surface area contributed by atoms with E-state index in [1.54, 1.807) is 0 Å². The number of likely N-dealkylation sites (N-methyl/N-ethyl adjacent to an activating group) is 1. The summed E-state index contributed by atoms with van der Waals surface area (Å²) in [6, 6.07) is 8.44. The SMILES string of the molecule is CNCCc1ccccc1-c1n[nH]c(C2CCCCC2)n1. The van der Waals surface area contributed by atoms with Gasteiger partial charge in [-0.05, 0) is 38.4 Å². The lowest BCUT2D eigenvalue weighted by atomic mass is 9.89. The molecule has 4 heteroatoms. The predicted molar refractivity (Wildman–Crippen MR) is 85.3 cm³/mol. The van der Waals surface area contributed by atoms with E-state index < -0.39 is 0 Å². The molecule has 0 spiro atoms. The maximum atomic E-state index is 4.79. The maximum Gasteiger partial charge on any atom is 0.181 e. The molecular formula is C17H24N4. The molecule has 0 unspecified atom stereocenters. The minimum Gasteiger partial charge on any atom is -0.319 e. The summed E-state index contributed by atoms with van der Waals surface area (Å²) in [6.45, 7) is 0.969. The lowest BCUT2D eigenvalue weighted by Crippen LogP contribution is -2.11. The second-order valence-electron chi connectivity index (χ2n) is 5.89. The van der Waals surface area contributed by atoms with Gasteiger partial charge in [-0.1, -0.05) is 43.5 Å². The van der Waals surface area contributed by atoms with Crippen molar-refractivity contribution in [2.75, 3.05) is 13.6 Å². The van der Waals surface area contributed by atoms with E-state index in [1.807, 2.05) is 7.05 Å². The quantitative estimate of drug-likeness (QED) is 0.886. The van der Waals surface area contributed by atoms with E-state index >= 15 is 0 Å². The molecule has 112 valence electrons. The van der Waals surface area contributed by atoms with Crippen LogP contribution in [0.1, 0.15) is 49.4 Å². The van der Waals surface area contributed by atoms with Gasteiger partial charge >= 0.3 is 0 Å². The number of aromatic amines is 1. The molecule has 0 radical (unpaired) electrons. The lowest BCUT2D eigenvalue weighted by Gasteiger charge is -2.18. The highest BCUT2D eigenvalue weighted by molar-refractivity contribution is 5.60. The zero-order valence-electron chi connectivity index (χ0n) is 12.7. The van der Waals surface area contributed by atoms with Crippen molar-refractivity contribution in [3.05, 3.63) is 35.7 Å². The molecule has 0 amide bonds. The van der Waals surface area contributed by atoms with E-state index in [0.717, 1.165) is 30.2 Å². The molecule has 2 N–H and O–H groups in total. The van der Waals surface area contributed by atoms with Crippen LogP contribution in [0.2, 0.25) is 0 Å². The van der Waals surface area contributed by atoms with Gasteiger partial charge in [0.25, 0.3) is 0 Å². The van der Waals surface area contributed by atoms with Gasteiger partial charge in [-0.25, -0.2) is 4.98 Å². The van der Waals surface area contributed by atoms with Crippen LogP contribution in [0.5, 0.6) is 0 Å². The summed E-state index contributed by atoms with van der Waals surface area (Å²) < 4.78 is 0. The van der Waals surface area contributed by atoms with Gasteiger partial charge in [0, 0.05) is 11.5 Å². The molecule has 0 aliphatic heterocycles. The maximum absolute atomic E-state index is 4.79. The molecule has 1 aliphatic carbocycles. The van der Waals surface area contributed by atoms with Crippen molar-refractivity contribution in [2.24, 2.45) is 0 Å². The van der Waals surface area contributed by atoms with Crippen molar-refractivity contribution >= 4 is 0 Å². The third-order valence-electron chi connectivity index (χ3n) is 4.40. The van der Waals surface area contributed by atoms with Gasteiger partial charge in [-0.3, -0.25) is 5.10 Å². The van der Waals surface area contributed by atoms with Gasteiger partial charge in [0.05, 0.1) is 0 Å². The Morgan fingerprint density at radius 3 is 2.81 bits per heavy atom. The highest BCUT2D eigenvalue weighted by atomic mass is 15.2. The minimum absolute atomic E-state index is 0.574. The first-order valence-corrected chi connectivity index (χ1v) is 8.03. The highest BCUT2D eigenvalue weighted by Gasteiger charge is 2.20. The normalized spacial score (nSPS) is 16.2. The van der Waals surface area contributed by atoms with Gasteiger partial charge in [0.15, 0.2) is 5.82 Å². The molecule has 2 aromatic rings. The van der Waals surface area contributed by atoms with E-state index in [-0.39, 0.29) is 0 Å². The van der Waals surface area contributed by atoms with Crippen LogP contribution in [0.15, 0.2) is 24.3 Å². The number of aromatic nitrogens is 3. The lowest BCUT2D eigenvalue weighted by molar-refractivity contribution is 0.429. The molecule has 1 aromatic carbocycles. The van der Waals surface area contributed by atoms with Gasteiger partial charge < -0.3 is 5.32 Å². The zero-order chi connectivity index (χ0) is 14.5. The van der Waals surface area contributed by atoms with Crippen molar-refractivity contribution < 1.29 is 0 Å². The number of nitrogens with one attached hydrogen (secondary N) is 2. The average Bonchev–Trinajstić information content (AvgIpc) is 3.04. The molecule has 1 aromatic heterocycles. The first-order chi connectivity index (χ1) is 10.4. The number of H-pyrrole nitrogens is 1. The summed E-state index contributed by atoms with van der Waals surface area (Å²) in [7, 11) is 1.98. The van der Waals surface area contributed by atoms with E-state index in [2.05, 4.69) is 39.8 Å². The molecule has 21 heavy (non-hydrogen) atoms. The first-order valence-electron chi connectivity index (χ1n) is 8.03. The van der Waals surface area contributed by atoms with Crippen molar-refractivity contribution in [3.63, 3.8) is 0 Å². The topological polar surface area (TPSA) is 53.6 Å². The molecule has 1 saturated carbocycles. The Hall–Kier alpha value is -1.68. The van der Waals surface area contributed by atoms with E-state index in [0.29, 0.717) is 5.92 Å². The second-order valence-corrected chi connectivity index (χ2v) is 5.89. The van der Waals surface area contributed by atoms with Crippen molar-refractivity contribution in [1.29, 1.82) is 0 Å². The van der Waals surface area contributed by atoms with Gasteiger partial charge in [-0.2, -0.15) is 5.10 Å². The highest BCUT2D eigenvalue weighted by Crippen LogP contribution is 2.31. The van der Waals surface area contributed by atoms with Crippen LogP contribution in [0.3, 0.4) is 0 Å². The third kappa shape index (κ3) is 3.32. The van der Waals surface area contributed by atoms with Crippen LogP contribution in [-0.2, 0) is 6.42 Å². The van der Waals surface area contributed by atoms with Crippen LogP contribution in [0, 0.1) is 0 Å². The minimum atomic E-state index is 0.574. The molecule has 1 heterocycles. The Kier molecular flexibility index (Phi) is 4.65. The van der Waals surface area contributed by atoms with Crippen LogP contribution >= 0.6 is 0 Å². The Morgan fingerprint density at radius 2 is 2.00 bits per heavy atom. The van der Waals surface area contributed by atoms with E-state index in [4.69, 9.17) is 4.98 Å². The van der Waals surface area contributed by atoms with Gasteiger partial charge in [0.2, 0.25) is 0 Å². The fraction of sp³-hybridized carbons (Fsp3) is 0.529. The first kappa shape index (κ1) is 14.3. The Bertz CT molecular complexity index is 570.